The number of rotatable bonds is 2. The molecule has 70 valence electrons. The quantitative estimate of drug-likeness (QED) is 0.550. The minimum absolute atomic E-state index is 0.782. The SMILES string of the molecule is NNc1ccc(-c2ccccn2)nc1. The van der Waals surface area contributed by atoms with Crippen LogP contribution >= 0.6 is 0 Å². The molecule has 0 radical (unpaired) electrons. The van der Waals surface area contributed by atoms with Crippen molar-refractivity contribution in [2.75, 3.05) is 5.43 Å². The van der Waals surface area contributed by atoms with Crippen molar-refractivity contribution in [2.45, 2.75) is 0 Å². The number of hydrogen-bond acceptors (Lipinski definition) is 4. The molecule has 2 aromatic heterocycles. The second kappa shape index (κ2) is 3.85. The molecule has 4 nitrogen and oxygen atoms in total. The summed E-state index contributed by atoms with van der Waals surface area (Å²) < 4.78 is 0. The van der Waals surface area contributed by atoms with Gasteiger partial charge in [-0.25, -0.2) is 0 Å². The van der Waals surface area contributed by atoms with Gasteiger partial charge < -0.3 is 5.43 Å². The number of hydrazine groups is 1. The van der Waals surface area contributed by atoms with Crippen LogP contribution in [0.5, 0.6) is 0 Å². The molecule has 2 aromatic rings. The number of aromatic nitrogens is 2. The Hall–Kier alpha value is -1.94. The van der Waals surface area contributed by atoms with E-state index in [0.29, 0.717) is 0 Å². The maximum atomic E-state index is 5.23. The van der Waals surface area contributed by atoms with Crippen LogP contribution in [-0.4, -0.2) is 9.97 Å². The normalized spacial score (nSPS) is 9.79. The lowest BCUT2D eigenvalue weighted by atomic mass is 10.2. The zero-order valence-corrected chi connectivity index (χ0v) is 7.51. The number of anilines is 1. The fourth-order valence-corrected chi connectivity index (χ4v) is 1.15. The Balaban J connectivity index is 2.34. The minimum Gasteiger partial charge on any atom is -0.323 e. The highest BCUT2D eigenvalue weighted by Crippen LogP contribution is 2.14. The largest absolute Gasteiger partial charge is 0.323 e. The van der Waals surface area contributed by atoms with Gasteiger partial charge in [-0.3, -0.25) is 15.8 Å². The maximum absolute atomic E-state index is 5.23. The second-order valence-electron chi connectivity index (χ2n) is 2.79. The summed E-state index contributed by atoms with van der Waals surface area (Å²) in [6, 6.07) is 9.45. The molecule has 0 atom stereocenters. The highest BCUT2D eigenvalue weighted by Gasteiger charge is 1.98. The van der Waals surface area contributed by atoms with Crippen LogP contribution in [-0.2, 0) is 0 Å². The first-order chi connectivity index (χ1) is 6.90. The number of pyridine rings is 2. The maximum Gasteiger partial charge on any atom is 0.0887 e. The molecule has 2 heterocycles. The van der Waals surface area contributed by atoms with Crippen LogP contribution in [0.3, 0.4) is 0 Å². The molecule has 0 aromatic carbocycles. The third kappa shape index (κ3) is 1.70. The molecule has 0 aliphatic carbocycles. The van der Waals surface area contributed by atoms with Gasteiger partial charge in [0.15, 0.2) is 0 Å². The molecule has 14 heavy (non-hydrogen) atoms. The van der Waals surface area contributed by atoms with E-state index in [4.69, 9.17) is 5.84 Å². The van der Waals surface area contributed by atoms with Gasteiger partial charge in [-0.1, -0.05) is 6.07 Å². The average molecular weight is 186 g/mol. The van der Waals surface area contributed by atoms with Crippen molar-refractivity contribution < 1.29 is 0 Å². The summed E-state index contributed by atoms with van der Waals surface area (Å²) in [5.41, 5.74) is 5.00. The molecule has 0 saturated heterocycles. The Morgan fingerprint density at radius 3 is 2.43 bits per heavy atom. The zero-order valence-electron chi connectivity index (χ0n) is 7.51. The standard InChI is InChI=1S/C10H10N4/c11-14-8-4-5-10(13-7-8)9-3-1-2-6-12-9/h1-7,14H,11H2. The summed E-state index contributed by atoms with van der Waals surface area (Å²) in [6.07, 6.45) is 3.41. The number of nitrogens with one attached hydrogen (secondary N) is 1. The van der Waals surface area contributed by atoms with Gasteiger partial charge in [0.05, 0.1) is 23.3 Å². The van der Waals surface area contributed by atoms with E-state index in [2.05, 4.69) is 15.4 Å². The van der Waals surface area contributed by atoms with Crippen LogP contribution < -0.4 is 11.3 Å². The second-order valence-corrected chi connectivity index (χ2v) is 2.79. The van der Waals surface area contributed by atoms with E-state index in [1.165, 1.54) is 0 Å². The van der Waals surface area contributed by atoms with Gasteiger partial charge in [-0.2, -0.15) is 0 Å². The predicted molar refractivity (Wildman–Crippen MR) is 55.3 cm³/mol. The van der Waals surface area contributed by atoms with Gasteiger partial charge >= 0.3 is 0 Å². The molecular formula is C10H10N4. The molecule has 0 saturated carbocycles. The topological polar surface area (TPSA) is 63.8 Å². The van der Waals surface area contributed by atoms with Crippen LogP contribution in [0.4, 0.5) is 5.69 Å². The van der Waals surface area contributed by atoms with E-state index < -0.39 is 0 Å². The van der Waals surface area contributed by atoms with Gasteiger partial charge in [0.1, 0.15) is 0 Å². The van der Waals surface area contributed by atoms with Crippen molar-refractivity contribution >= 4 is 5.69 Å². The fraction of sp³-hybridized carbons (Fsp3) is 0. The first-order valence-electron chi connectivity index (χ1n) is 4.24. The molecule has 3 N–H and O–H groups in total. The van der Waals surface area contributed by atoms with Crippen molar-refractivity contribution in [2.24, 2.45) is 5.84 Å². The summed E-state index contributed by atoms with van der Waals surface area (Å²) in [5.74, 6) is 5.23. The van der Waals surface area contributed by atoms with E-state index in [1.54, 1.807) is 12.4 Å². The monoisotopic (exact) mass is 186 g/mol. The predicted octanol–water partition coefficient (Wildman–Crippen LogP) is 1.43. The van der Waals surface area contributed by atoms with Crippen LogP contribution in [0.15, 0.2) is 42.7 Å². The smallest absolute Gasteiger partial charge is 0.0887 e. The molecule has 0 spiro atoms. The average Bonchev–Trinajstić information content (AvgIpc) is 2.30. The highest BCUT2D eigenvalue weighted by molar-refractivity contribution is 5.56. The minimum atomic E-state index is 0.782. The van der Waals surface area contributed by atoms with Crippen molar-refractivity contribution in [1.82, 2.24) is 9.97 Å². The molecular weight excluding hydrogens is 176 g/mol. The van der Waals surface area contributed by atoms with Gasteiger partial charge in [-0.05, 0) is 24.3 Å². The first-order valence-corrected chi connectivity index (χ1v) is 4.24. The van der Waals surface area contributed by atoms with Gasteiger partial charge in [0.2, 0.25) is 0 Å². The van der Waals surface area contributed by atoms with E-state index >= 15 is 0 Å². The molecule has 4 heteroatoms. The van der Waals surface area contributed by atoms with Crippen LogP contribution in [0.2, 0.25) is 0 Å². The molecule has 0 fully saturated rings. The van der Waals surface area contributed by atoms with Gasteiger partial charge in [0, 0.05) is 6.20 Å². The van der Waals surface area contributed by atoms with Crippen LogP contribution in [0.1, 0.15) is 0 Å². The third-order valence-corrected chi connectivity index (χ3v) is 1.86. The fourth-order valence-electron chi connectivity index (χ4n) is 1.15. The summed E-state index contributed by atoms with van der Waals surface area (Å²) in [5, 5.41) is 0. The molecule has 0 aliphatic rings. The van der Waals surface area contributed by atoms with Gasteiger partial charge in [-0.15, -0.1) is 0 Å². The summed E-state index contributed by atoms with van der Waals surface area (Å²) in [7, 11) is 0. The molecule has 2 rings (SSSR count). The Bertz CT molecular complexity index is 396. The van der Waals surface area contributed by atoms with Crippen LogP contribution in [0.25, 0.3) is 11.4 Å². The molecule has 0 amide bonds. The molecule has 0 aliphatic heterocycles. The van der Waals surface area contributed by atoms with Crippen molar-refractivity contribution in [3.05, 3.63) is 42.7 Å². The van der Waals surface area contributed by atoms with Crippen LogP contribution in [0, 0.1) is 0 Å². The summed E-state index contributed by atoms with van der Waals surface area (Å²) in [6.45, 7) is 0. The van der Waals surface area contributed by atoms with Crippen molar-refractivity contribution in [3.63, 3.8) is 0 Å². The molecule has 0 unspecified atom stereocenters. The lowest BCUT2D eigenvalue weighted by molar-refractivity contribution is 1.23. The van der Waals surface area contributed by atoms with E-state index in [-0.39, 0.29) is 0 Å². The molecule has 0 bridgehead atoms. The van der Waals surface area contributed by atoms with Gasteiger partial charge in [0.25, 0.3) is 0 Å². The summed E-state index contributed by atoms with van der Waals surface area (Å²) in [4.78, 5) is 8.41. The number of hydrogen-bond donors (Lipinski definition) is 2. The lowest BCUT2D eigenvalue weighted by Gasteiger charge is -2.01. The van der Waals surface area contributed by atoms with E-state index in [1.807, 2.05) is 30.3 Å². The first kappa shape index (κ1) is 8.65. The number of nitrogen functional groups attached to an aromatic ring is 1. The number of nitrogens with zero attached hydrogens (tertiary/aromatic N) is 2. The highest BCUT2D eigenvalue weighted by atomic mass is 15.2. The number of nitrogens with two attached hydrogens (primary N) is 1. The Labute approximate surface area is 81.8 Å². The van der Waals surface area contributed by atoms with Crippen molar-refractivity contribution in [3.8, 4) is 11.4 Å². The van der Waals surface area contributed by atoms with E-state index in [0.717, 1.165) is 17.1 Å². The van der Waals surface area contributed by atoms with E-state index in [9.17, 15) is 0 Å². The zero-order chi connectivity index (χ0) is 9.80. The Morgan fingerprint density at radius 1 is 1.00 bits per heavy atom. The Morgan fingerprint density at radius 2 is 1.86 bits per heavy atom. The lowest BCUT2D eigenvalue weighted by Crippen LogP contribution is -2.06. The third-order valence-electron chi connectivity index (χ3n) is 1.86. The summed E-state index contributed by atoms with van der Waals surface area (Å²) >= 11 is 0. The Kier molecular flexibility index (Phi) is 2.38. The van der Waals surface area contributed by atoms with Crippen molar-refractivity contribution in [1.29, 1.82) is 0 Å².